The number of nitrogens with one attached hydrogen (secondary N) is 1. The molecule has 0 unspecified atom stereocenters. The Morgan fingerprint density at radius 3 is 2.67 bits per heavy atom. The Hall–Kier alpha value is -0.610. The van der Waals surface area contributed by atoms with E-state index in [0.29, 0.717) is 13.1 Å². The zero-order chi connectivity index (χ0) is 10.7. The largest absolute Gasteiger partial charge is 0.315 e. The zero-order valence-electron chi connectivity index (χ0n) is 8.25. The Balaban J connectivity index is 2.05. The Bertz CT molecular complexity index is 316. The standard InChI is InChI=1S/C11H13F2NS/c12-11(13)6-7-14-8-10(11)15-9-4-2-1-3-5-9/h1-5,10,14H,6-8H2/t10-/m0/s1. The third-order valence-corrected chi connectivity index (χ3v) is 3.80. The van der Waals surface area contributed by atoms with E-state index in [2.05, 4.69) is 5.32 Å². The van der Waals surface area contributed by atoms with Crippen LogP contribution in [-0.4, -0.2) is 24.3 Å². The molecule has 1 fully saturated rings. The summed E-state index contributed by atoms with van der Waals surface area (Å²) < 4.78 is 27.0. The molecular formula is C11H13F2NS. The first-order chi connectivity index (χ1) is 7.18. The molecule has 4 heteroatoms. The van der Waals surface area contributed by atoms with E-state index in [1.807, 2.05) is 30.3 Å². The summed E-state index contributed by atoms with van der Waals surface area (Å²) in [5.41, 5.74) is 0. The van der Waals surface area contributed by atoms with E-state index in [0.717, 1.165) is 4.90 Å². The van der Waals surface area contributed by atoms with Gasteiger partial charge in [0, 0.05) is 24.4 Å². The average Bonchev–Trinajstić information content (AvgIpc) is 2.23. The monoisotopic (exact) mass is 229 g/mol. The van der Waals surface area contributed by atoms with Crippen molar-refractivity contribution in [3.63, 3.8) is 0 Å². The van der Waals surface area contributed by atoms with Crippen molar-refractivity contribution in [3.05, 3.63) is 30.3 Å². The molecule has 1 aromatic carbocycles. The number of hydrogen-bond acceptors (Lipinski definition) is 2. The van der Waals surface area contributed by atoms with Crippen molar-refractivity contribution in [1.29, 1.82) is 0 Å². The Morgan fingerprint density at radius 2 is 2.00 bits per heavy atom. The summed E-state index contributed by atoms with van der Waals surface area (Å²) in [5, 5.41) is 2.37. The van der Waals surface area contributed by atoms with Gasteiger partial charge in [0.2, 0.25) is 0 Å². The lowest BCUT2D eigenvalue weighted by atomic mass is 10.1. The van der Waals surface area contributed by atoms with E-state index in [9.17, 15) is 8.78 Å². The van der Waals surface area contributed by atoms with Gasteiger partial charge in [-0.05, 0) is 12.1 Å². The zero-order valence-corrected chi connectivity index (χ0v) is 9.07. The van der Waals surface area contributed by atoms with E-state index >= 15 is 0 Å². The van der Waals surface area contributed by atoms with Gasteiger partial charge in [-0.15, -0.1) is 11.8 Å². The van der Waals surface area contributed by atoms with Crippen LogP contribution in [0, 0.1) is 0 Å². The maximum atomic E-state index is 13.5. The van der Waals surface area contributed by atoms with Gasteiger partial charge in [0.25, 0.3) is 5.92 Å². The van der Waals surface area contributed by atoms with Gasteiger partial charge >= 0.3 is 0 Å². The van der Waals surface area contributed by atoms with Crippen molar-refractivity contribution in [2.75, 3.05) is 13.1 Å². The molecule has 0 spiro atoms. The highest BCUT2D eigenvalue weighted by Crippen LogP contribution is 2.37. The lowest BCUT2D eigenvalue weighted by molar-refractivity contribution is -0.0208. The quantitative estimate of drug-likeness (QED) is 0.837. The molecule has 1 atom stereocenters. The second-order valence-electron chi connectivity index (χ2n) is 3.63. The molecular weight excluding hydrogens is 216 g/mol. The van der Waals surface area contributed by atoms with Crippen molar-refractivity contribution in [3.8, 4) is 0 Å². The molecule has 1 saturated heterocycles. The van der Waals surface area contributed by atoms with Crippen molar-refractivity contribution in [1.82, 2.24) is 5.32 Å². The van der Waals surface area contributed by atoms with E-state index in [4.69, 9.17) is 0 Å². The molecule has 1 N–H and O–H groups in total. The first-order valence-corrected chi connectivity index (χ1v) is 5.87. The van der Waals surface area contributed by atoms with E-state index < -0.39 is 11.2 Å². The molecule has 0 saturated carbocycles. The molecule has 15 heavy (non-hydrogen) atoms. The predicted molar refractivity (Wildman–Crippen MR) is 58.5 cm³/mol. The Labute approximate surface area is 92.3 Å². The molecule has 2 rings (SSSR count). The van der Waals surface area contributed by atoms with Crippen LogP contribution in [0.4, 0.5) is 8.78 Å². The summed E-state index contributed by atoms with van der Waals surface area (Å²) in [6.45, 7) is 0.797. The highest BCUT2D eigenvalue weighted by Gasteiger charge is 2.41. The Kier molecular flexibility index (Phi) is 3.26. The summed E-state index contributed by atoms with van der Waals surface area (Å²) in [5.74, 6) is -2.55. The fourth-order valence-electron chi connectivity index (χ4n) is 1.59. The number of alkyl halides is 2. The van der Waals surface area contributed by atoms with Crippen LogP contribution < -0.4 is 5.32 Å². The van der Waals surface area contributed by atoms with Crippen LogP contribution in [0.1, 0.15) is 6.42 Å². The van der Waals surface area contributed by atoms with Crippen LogP contribution in [0.2, 0.25) is 0 Å². The minimum absolute atomic E-state index is 0.0580. The Morgan fingerprint density at radius 1 is 1.27 bits per heavy atom. The summed E-state index contributed by atoms with van der Waals surface area (Å²) in [7, 11) is 0. The second kappa shape index (κ2) is 4.49. The lowest BCUT2D eigenvalue weighted by Crippen LogP contribution is -2.46. The number of benzene rings is 1. The maximum Gasteiger partial charge on any atom is 0.262 e. The van der Waals surface area contributed by atoms with Crippen molar-refractivity contribution < 1.29 is 8.78 Å². The third-order valence-electron chi connectivity index (χ3n) is 2.46. The lowest BCUT2D eigenvalue weighted by Gasteiger charge is -2.31. The van der Waals surface area contributed by atoms with Crippen LogP contribution in [-0.2, 0) is 0 Å². The highest BCUT2D eigenvalue weighted by molar-refractivity contribution is 8.00. The predicted octanol–water partition coefficient (Wildman–Crippen LogP) is 2.78. The van der Waals surface area contributed by atoms with Gasteiger partial charge in [0.15, 0.2) is 0 Å². The van der Waals surface area contributed by atoms with Crippen LogP contribution in [0.15, 0.2) is 35.2 Å². The highest BCUT2D eigenvalue weighted by atomic mass is 32.2. The second-order valence-corrected chi connectivity index (χ2v) is 4.91. The first kappa shape index (κ1) is 10.9. The molecule has 0 aromatic heterocycles. The van der Waals surface area contributed by atoms with Gasteiger partial charge in [0.05, 0.1) is 5.25 Å². The smallest absolute Gasteiger partial charge is 0.262 e. The molecule has 0 amide bonds. The summed E-state index contributed by atoms with van der Waals surface area (Å²) in [4.78, 5) is 0.908. The van der Waals surface area contributed by atoms with E-state index in [1.54, 1.807) is 0 Å². The van der Waals surface area contributed by atoms with Crippen LogP contribution in [0.5, 0.6) is 0 Å². The van der Waals surface area contributed by atoms with Crippen molar-refractivity contribution in [2.45, 2.75) is 22.5 Å². The number of rotatable bonds is 2. The molecule has 1 aromatic rings. The van der Waals surface area contributed by atoms with Gasteiger partial charge in [-0.2, -0.15) is 0 Å². The molecule has 1 heterocycles. The van der Waals surface area contributed by atoms with E-state index in [1.165, 1.54) is 11.8 Å². The SMILES string of the molecule is FC1(F)CCNC[C@@H]1Sc1ccccc1. The van der Waals surface area contributed by atoms with Gasteiger partial charge in [-0.25, -0.2) is 8.78 Å². The van der Waals surface area contributed by atoms with E-state index in [-0.39, 0.29) is 6.42 Å². The maximum absolute atomic E-state index is 13.5. The van der Waals surface area contributed by atoms with Crippen LogP contribution >= 0.6 is 11.8 Å². The average molecular weight is 229 g/mol. The van der Waals surface area contributed by atoms with Gasteiger partial charge < -0.3 is 5.32 Å². The molecule has 1 aliphatic heterocycles. The summed E-state index contributed by atoms with van der Waals surface area (Å²) in [6, 6.07) is 9.37. The number of piperidine rings is 1. The van der Waals surface area contributed by atoms with Gasteiger partial charge in [-0.1, -0.05) is 18.2 Å². The van der Waals surface area contributed by atoms with Gasteiger partial charge in [-0.3, -0.25) is 0 Å². The molecule has 1 aliphatic rings. The molecule has 1 nitrogen and oxygen atoms in total. The topological polar surface area (TPSA) is 12.0 Å². The third kappa shape index (κ3) is 2.69. The molecule has 0 bridgehead atoms. The molecule has 0 aliphatic carbocycles. The summed E-state index contributed by atoms with van der Waals surface area (Å²) in [6.07, 6.45) is -0.0580. The minimum Gasteiger partial charge on any atom is -0.315 e. The normalized spacial score (nSPS) is 25.1. The fourth-order valence-corrected chi connectivity index (χ4v) is 2.72. The number of hydrogen-bond donors (Lipinski definition) is 1. The van der Waals surface area contributed by atoms with Crippen LogP contribution in [0.3, 0.4) is 0 Å². The number of halogens is 2. The van der Waals surface area contributed by atoms with Crippen molar-refractivity contribution >= 4 is 11.8 Å². The summed E-state index contributed by atoms with van der Waals surface area (Å²) >= 11 is 1.26. The van der Waals surface area contributed by atoms with Crippen LogP contribution in [0.25, 0.3) is 0 Å². The first-order valence-electron chi connectivity index (χ1n) is 4.99. The van der Waals surface area contributed by atoms with Gasteiger partial charge in [0.1, 0.15) is 0 Å². The van der Waals surface area contributed by atoms with Crippen molar-refractivity contribution in [2.24, 2.45) is 0 Å². The molecule has 0 radical (unpaired) electrons. The minimum atomic E-state index is -2.55. The molecule has 82 valence electrons. The number of thioether (sulfide) groups is 1. The fraction of sp³-hybridized carbons (Fsp3) is 0.455.